The van der Waals surface area contributed by atoms with Crippen molar-refractivity contribution in [3.8, 4) is 0 Å². The highest BCUT2D eigenvalue weighted by atomic mass is 35.5. The van der Waals surface area contributed by atoms with Crippen LogP contribution in [0.2, 0.25) is 5.02 Å². The number of carbonyl (C=O) groups is 1. The second-order valence-electron chi connectivity index (χ2n) is 8.91. The summed E-state index contributed by atoms with van der Waals surface area (Å²) in [6.45, 7) is 2.95. The highest BCUT2D eigenvalue weighted by molar-refractivity contribution is 6.34. The third-order valence-electron chi connectivity index (χ3n) is 7.00. The Balaban J connectivity index is 1.73. The van der Waals surface area contributed by atoms with Crippen LogP contribution in [0.15, 0.2) is 42.5 Å². The van der Waals surface area contributed by atoms with Crippen molar-refractivity contribution < 1.29 is 18.0 Å². The zero-order valence-corrected chi connectivity index (χ0v) is 18.4. The van der Waals surface area contributed by atoms with Crippen molar-refractivity contribution in [3.05, 3.63) is 69.7 Å². The number of aryl methyl sites for hydroxylation is 1. The molecular weight excluding hydrogens is 425 g/mol. The number of hydrogen-bond donors (Lipinski definition) is 1. The quantitative estimate of drug-likeness (QED) is 0.618. The van der Waals surface area contributed by atoms with Gasteiger partial charge in [-0.3, -0.25) is 9.69 Å². The van der Waals surface area contributed by atoms with Gasteiger partial charge in [-0.05, 0) is 63.3 Å². The smallest absolute Gasteiger partial charge is 0.343 e. The van der Waals surface area contributed by atoms with Crippen LogP contribution in [-0.4, -0.2) is 29.9 Å². The van der Waals surface area contributed by atoms with E-state index in [-0.39, 0.29) is 17.1 Å². The van der Waals surface area contributed by atoms with Crippen LogP contribution in [0.3, 0.4) is 0 Å². The standard InChI is InChI=1S/C24H26ClF3N2O/c1-15-5-3-6-17(13-15)21(23-11-9-16(10-12-23)14-30(23)2)29-22(31)18-7-4-8-19(20(18)25)24(26,27)28/h3-8,13,16,21H,9-12,14H2,1-2H3,(H,29,31). The molecule has 0 spiro atoms. The molecule has 1 N–H and O–H groups in total. The number of nitrogens with one attached hydrogen (secondary N) is 1. The summed E-state index contributed by atoms with van der Waals surface area (Å²) >= 11 is 6.04. The van der Waals surface area contributed by atoms with Gasteiger partial charge in [-0.25, -0.2) is 0 Å². The maximum absolute atomic E-state index is 13.3. The Morgan fingerprint density at radius 2 is 1.87 bits per heavy atom. The Labute approximate surface area is 185 Å². The average molecular weight is 451 g/mol. The first kappa shape index (κ1) is 22.2. The minimum atomic E-state index is -4.62. The zero-order chi connectivity index (χ0) is 22.4. The number of halogens is 4. The summed E-state index contributed by atoms with van der Waals surface area (Å²) in [6.07, 6.45) is -0.573. The maximum atomic E-state index is 13.3. The summed E-state index contributed by atoms with van der Waals surface area (Å²) < 4.78 is 39.9. The number of piperidine rings is 2. The van der Waals surface area contributed by atoms with Crippen LogP contribution in [0.1, 0.15) is 58.8 Å². The van der Waals surface area contributed by atoms with Crippen LogP contribution in [0.5, 0.6) is 0 Å². The maximum Gasteiger partial charge on any atom is 0.417 e. The van der Waals surface area contributed by atoms with E-state index in [1.165, 1.54) is 12.1 Å². The van der Waals surface area contributed by atoms with E-state index in [1.54, 1.807) is 0 Å². The molecule has 2 bridgehead atoms. The van der Waals surface area contributed by atoms with E-state index < -0.39 is 22.7 Å². The molecule has 2 heterocycles. The van der Waals surface area contributed by atoms with E-state index in [2.05, 4.69) is 17.3 Å². The van der Waals surface area contributed by atoms with Gasteiger partial charge in [-0.1, -0.05) is 47.5 Å². The number of amides is 1. The third kappa shape index (κ3) is 4.08. The third-order valence-corrected chi connectivity index (χ3v) is 7.41. The summed E-state index contributed by atoms with van der Waals surface area (Å²) in [5, 5.41) is 2.52. The van der Waals surface area contributed by atoms with E-state index in [4.69, 9.17) is 11.6 Å². The summed E-state index contributed by atoms with van der Waals surface area (Å²) in [6, 6.07) is 11.1. The van der Waals surface area contributed by atoms with Crippen LogP contribution in [0, 0.1) is 12.8 Å². The number of benzene rings is 2. The second kappa shape index (κ2) is 8.14. The Morgan fingerprint density at radius 1 is 1.19 bits per heavy atom. The van der Waals surface area contributed by atoms with Gasteiger partial charge < -0.3 is 5.32 Å². The lowest BCUT2D eigenvalue weighted by Gasteiger charge is -2.57. The predicted molar refractivity (Wildman–Crippen MR) is 115 cm³/mol. The van der Waals surface area contributed by atoms with Gasteiger partial charge in [0.05, 0.1) is 22.2 Å². The van der Waals surface area contributed by atoms with Gasteiger partial charge in [-0.15, -0.1) is 0 Å². The van der Waals surface area contributed by atoms with E-state index in [0.29, 0.717) is 5.92 Å². The summed E-state index contributed by atoms with van der Waals surface area (Å²) in [5.41, 5.74) is 0.605. The molecule has 1 atom stereocenters. The minimum Gasteiger partial charge on any atom is -0.343 e. The number of alkyl halides is 3. The Hall–Kier alpha value is -2.05. The number of rotatable bonds is 4. The largest absolute Gasteiger partial charge is 0.417 e. The van der Waals surface area contributed by atoms with Crippen molar-refractivity contribution in [2.24, 2.45) is 5.92 Å². The van der Waals surface area contributed by atoms with E-state index in [0.717, 1.165) is 49.4 Å². The lowest BCUT2D eigenvalue weighted by Crippen LogP contribution is -2.62. The van der Waals surface area contributed by atoms with Gasteiger partial charge in [0.2, 0.25) is 0 Å². The topological polar surface area (TPSA) is 32.3 Å². The molecule has 3 aliphatic rings. The van der Waals surface area contributed by atoms with E-state index in [1.807, 2.05) is 31.2 Å². The van der Waals surface area contributed by atoms with Gasteiger partial charge in [-0.2, -0.15) is 13.2 Å². The Kier molecular flexibility index (Phi) is 5.81. The van der Waals surface area contributed by atoms with Gasteiger partial charge >= 0.3 is 6.18 Å². The van der Waals surface area contributed by atoms with Crippen molar-refractivity contribution in [1.82, 2.24) is 10.2 Å². The second-order valence-corrected chi connectivity index (χ2v) is 9.29. The summed E-state index contributed by atoms with van der Waals surface area (Å²) in [7, 11) is 2.08. The molecule has 1 amide bonds. The molecule has 7 heteroatoms. The fourth-order valence-corrected chi connectivity index (χ4v) is 5.65. The number of carbonyl (C=O) groups excluding carboxylic acids is 1. The molecule has 1 saturated carbocycles. The van der Waals surface area contributed by atoms with Crippen molar-refractivity contribution in [2.45, 2.75) is 50.4 Å². The van der Waals surface area contributed by atoms with Crippen molar-refractivity contribution in [1.29, 1.82) is 0 Å². The molecule has 1 unspecified atom stereocenters. The van der Waals surface area contributed by atoms with Crippen LogP contribution in [0.4, 0.5) is 13.2 Å². The van der Waals surface area contributed by atoms with E-state index >= 15 is 0 Å². The minimum absolute atomic E-state index is 0.155. The molecule has 5 rings (SSSR count). The molecule has 3 nitrogen and oxygen atoms in total. The lowest BCUT2D eigenvalue weighted by atomic mass is 9.65. The first-order valence-corrected chi connectivity index (χ1v) is 10.9. The molecule has 2 aliphatic heterocycles. The zero-order valence-electron chi connectivity index (χ0n) is 17.6. The molecule has 2 aromatic rings. The predicted octanol–water partition coefficient (Wildman–Crippen LogP) is 6.01. The number of fused-ring (bicyclic) bond motifs is 3. The van der Waals surface area contributed by atoms with Crippen molar-refractivity contribution in [2.75, 3.05) is 13.6 Å². The molecule has 2 aromatic carbocycles. The van der Waals surface area contributed by atoms with Gasteiger partial charge in [0.25, 0.3) is 5.91 Å². The molecule has 3 fully saturated rings. The normalized spacial score (nSPS) is 24.8. The van der Waals surface area contributed by atoms with Crippen LogP contribution in [-0.2, 0) is 6.18 Å². The monoisotopic (exact) mass is 450 g/mol. The molecule has 0 radical (unpaired) electrons. The van der Waals surface area contributed by atoms with Crippen LogP contribution in [0.25, 0.3) is 0 Å². The van der Waals surface area contributed by atoms with Crippen molar-refractivity contribution >= 4 is 17.5 Å². The molecule has 31 heavy (non-hydrogen) atoms. The molecular formula is C24H26ClF3N2O. The summed E-state index contributed by atoms with van der Waals surface area (Å²) in [5.74, 6) is 0.0803. The first-order chi connectivity index (χ1) is 14.6. The number of hydrogen-bond acceptors (Lipinski definition) is 2. The summed E-state index contributed by atoms with van der Waals surface area (Å²) in [4.78, 5) is 15.6. The first-order valence-electron chi connectivity index (χ1n) is 10.6. The van der Waals surface area contributed by atoms with E-state index in [9.17, 15) is 18.0 Å². The van der Waals surface area contributed by atoms with Gasteiger partial charge in [0.1, 0.15) is 0 Å². The average Bonchev–Trinajstić information content (AvgIpc) is 2.72. The Morgan fingerprint density at radius 3 is 2.48 bits per heavy atom. The highest BCUT2D eigenvalue weighted by Gasteiger charge is 2.50. The molecule has 166 valence electrons. The lowest BCUT2D eigenvalue weighted by molar-refractivity contribution is -0.137. The van der Waals surface area contributed by atoms with Crippen LogP contribution >= 0.6 is 11.6 Å². The fourth-order valence-electron chi connectivity index (χ4n) is 5.33. The molecule has 1 aliphatic carbocycles. The Bertz CT molecular complexity index is 983. The number of likely N-dealkylation sites (N-methyl/N-ethyl adjacent to an activating group) is 1. The van der Waals surface area contributed by atoms with Gasteiger partial charge in [0, 0.05) is 12.1 Å². The van der Waals surface area contributed by atoms with Gasteiger partial charge in [0.15, 0.2) is 0 Å². The highest BCUT2D eigenvalue weighted by Crippen LogP contribution is 2.49. The van der Waals surface area contributed by atoms with Crippen LogP contribution < -0.4 is 5.32 Å². The molecule has 2 saturated heterocycles. The molecule has 0 aromatic heterocycles. The SMILES string of the molecule is Cc1cccc(C(NC(=O)c2cccc(C(F)(F)F)c2Cl)C23CCC(CC2)CN3C)c1. The van der Waals surface area contributed by atoms with Crippen molar-refractivity contribution in [3.63, 3.8) is 0 Å². The fraction of sp³-hybridized carbons (Fsp3) is 0.458. The number of nitrogens with zero attached hydrogens (tertiary/aromatic N) is 1.